The summed E-state index contributed by atoms with van der Waals surface area (Å²) in [5, 5.41) is 0. The van der Waals surface area contributed by atoms with Gasteiger partial charge in [-0.1, -0.05) is 209 Å². The van der Waals surface area contributed by atoms with Crippen LogP contribution in [0, 0.1) is 20.8 Å². The molecule has 0 saturated carbocycles. The molecule has 0 bridgehead atoms. The average Bonchev–Trinajstić information content (AvgIpc) is 3.50. The Bertz CT molecular complexity index is 3620. The van der Waals surface area contributed by atoms with E-state index in [-0.39, 0.29) is 0 Å². The Hall–Kier alpha value is -8.92. The SMILES string of the molecule is CCc1cccc(C)c1N(c1ccccc1)c1ccc(C=CC2=CC(=CCc3ccc(N(c4ccccc4)c4c(C)cccc4CC)cc3)CC(C=Cc3ccc(N(c4ccccc4)c4c(C)cccc4CC)cc3)=C2)cc1. The predicted octanol–water partition coefficient (Wildman–Crippen LogP) is 20.9. The highest BCUT2D eigenvalue weighted by molar-refractivity contribution is 5.84. The van der Waals surface area contributed by atoms with E-state index in [0.29, 0.717) is 0 Å². The van der Waals surface area contributed by atoms with Gasteiger partial charge in [-0.3, -0.25) is 0 Å². The molecule has 9 aromatic rings. The summed E-state index contributed by atoms with van der Waals surface area (Å²) in [5.74, 6) is 0. The quantitative estimate of drug-likeness (QED) is 0.0848. The van der Waals surface area contributed by atoms with E-state index in [9.17, 15) is 0 Å². The third-order valence-corrected chi connectivity index (χ3v) is 15.0. The Kier molecular flexibility index (Phi) is 16.7. The van der Waals surface area contributed by atoms with Crippen molar-refractivity contribution in [2.75, 3.05) is 14.7 Å². The molecule has 1 aliphatic rings. The molecular weight excluding hydrogens is 943 g/mol. The summed E-state index contributed by atoms with van der Waals surface area (Å²) >= 11 is 0. The van der Waals surface area contributed by atoms with Crippen LogP contribution in [0.1, 0.15) is 77.3 Å². The second-order valence-corrected chi connectivity index (χ2v) is 20.4. The maximum Gasteiger partial charge on any atom is 0.0522 e. The first-order valence-corrected chi connectivity index (χ1v) is 27.9. The normalized spacial score (nSPS) is 13.0. The topological polar surface area (TPSA) is 9.72 Å². The fourth-order valence-electron chi connectivity index (χ4n) is 11.0. The van der Waals surface area contributed by atoms with Crippen LogP contribution in [0.5, 0.6) is 0 Å². The van der Waals surface area contributed by atoms with Gasteiger partial charge in [0.2, 0.25) is 0 Å². The van der Waals surface area contributed by atoms with Crippen LogP contribution in [0.15, 0.2) is 265 Å². The summed E-state index contributed by atoms with van der Waals surface area (Å²) < 4.78 is 0. The lowest BCUT2D eigenvalue weighted by Crippen LogP contribution is -2.13. The van der Waals surface area contributed by atoms with Crippen LogP contribution in [0.2, 0.25) is 0 Å². The highest BCUT2D eigenvalue weighted by atomic mass is 15.2. The van der Waals surface area contributed by atoms with Crippen LogP contribution in [-0.4, -0.2) is 0 Å². The van der Waals surface area contributed by atoms with E-state index in [1.165, 1.54) is 72.7 Å². The van der Waals surface area contributed by atoms with Crippen molar-refractivity contribution in [3.8, 4) is 0 Å². The van der Waals surface area contributed by atoms with E-state index in [1.807, 2.05) is 0 Å². The third-order valence-electron chi connectivity index (χ3n) is 15.0. The molecule has 0 radical (unpaired) electrons. The lowest BCUT2D eigenvalue weighted by Gasteiger charge is -2.29. The third kappa shape index (κ3) is 12.0. The van der Waals surface area contributed by atoms with Crippen molar-refractivity contribution in [3.63, 3.8) is 0 Å². The van der Waals surface area contributed by atoms with Crippen molar-refractivity contribution >= 4 is 63.3 Å². The second kappa shape index (κ2) is 24.8. The molecule has 0 unspecified atom stereocenters. The first-order valence-electron chi connectivity index (χ1n) is 27.9. The van der Waals surface area contributed by atoms with Gasteiger partial charge in [0.1, 0.15) is 0 Å². The highest BCUT2D eigenvalue weighted by Gasteiger charge is 2.21. The number of hydrogen-bond donors (Lipinski definition) is 0. The van der Waals surface area contributed by atoms with Crippen molar-refractivity contribution in [3.05, 3.63) is 316 Å². The predicted molar refractivity (Wildman–Crippen MR) is 336 cm³/mol. The molecule has 3 nitrogen and oxygen atoms in total. The van der Waals surface area contributed by atoms with Gasteiger partial charge in [0.25, 0.3) is 0 Å². The number of para-hydroxylation sites is 6. The fourth-order valence-corrected chi connectivity index (χ4v) is 11.0. The van der Waals surface area contributed by atoms with Crippen molar-refractivity contribution in [2.45, 2.75) is 73.6 Å². The molecule has 0 amide bonds. The van der Waals surface area contributed by atoms with Gasteiger partial charge in [-0.25, -0.2) is 0 Å². The summed E-state index contributed by atoms with van der Waals surface area (Å²) in [4.78, 5) is 7.23. The number of aryl methyl sites for hydroxylation is 6. The molecule has 1 aliphatic carbocycles. The van der Waals surface area contributed by atoms with E-state index < -0.39 is 0 Å². The maximum atomic E-state index is 2.42. The van der Waals surface area contributed by atoms with Crippen LogP contribution < -0.4 is 14.7 Å². The largest absolute Gasteiger partial charge is 0.310 e. The highest BCUT2D eigenvalue weighted by Crippen LogP contribution is 2.42. The monoisotopic (exact) mass is 1010 g/mol. The molecule has 0 spiro atoms. The Morgan fingerprint density at radius 2 is 0.705 bits per heavy atom. The molecule has 10 rings (SSSR count). The van der Waals surface area contributed by atoms with Gasteiger partial charge in [0.05, 0.1) is 17.1 Å². The average molecular weight is 1010 g/mol. The first-order chi connectivity index (χ1) is 38.3. The minimum absolute atomic E-state index is 0.829. The minimum Gasteiger partial charge on any atom is -0.310 e. The zero-order valence-corrected chi connectivity index (χ0v) is 46.2. The van der Waals surface area contributed by atoms with Crippen LogP contribution in [-0.2, 0) is 25.7 Å². The van der Waals surface area contributed by atoms with Gasteiger partial charge < -0.3 is 14.7 Å². The van der Waals surface area contributed by atoms with Crippen LogP contribution in [0.3, 0.4) is 0 Å². The number of allylic oxidation sites excluding steroid dienone is 8. The fraction of sp³-hybridized carbons (Fsp3) is 0.147. The molecule has 0 aliphatic heterocycles. The molecule has 386 valence electrons. The molecule has 0 aromatic heterocycles. The molecule has 0 atom stereocenters. The molecule has 9 aromatic carbocycles. The zero-order valence-electron chi connectivity index (χ0n) is 46.2. The van der Waals surface area contributed by atoms with E-state index in [1.54, 1.807) is 0 Å². The number of hydrogen-bond acceptors (Lipinski definition) is 3. The Morgan fingerprint density at radius 1 is 0.346 bits per heavy atom. The molecule has 0 fully saturated rings. The van der Waals surface area contributed by atoms with E-state index in [4.69, 9.17) is 0 Å². The number of benzene rings is 9. The molecule has 0 saturated heterocycles. The number of rotatable bonds is 18. The lowest BCUT2D eigenvalue weighted by atomic mass is 9.92. The summed E-state index contributed by atoms with van der Waals surface area (Å²) in [6, 6.07) is 79.3. The Balaban J connectivity index is 0.948. The summed E-state index contributed by atoms with van der Waals surface area (Å²) in [5.41, 5.74) is 25.8. The summed E-state index contributed by atoms with van der Waals surface area (Å²) in [6.45, 7) is 13.4. The molecule has 3 heteroatoms. The van der Waals surface area contributed by atoms with Gasteiger partial charge in [-0.2, -0.15) is 0 Å². The van der Waals surface area contributed by atoms with Gasteiger partial charge in [0, 0.05) is 34.1 Å². The molecular formula is C75H71N3. The van der Waals surface area contributed by atoms with E-state index in [0.717, 1.165) is 77.4 Å². The van der Waals surface area contributed by atoms with Gasteiger partial charge >= 0.3 is 0 Å². The Labute approximate surface area is 464 Å². The number of nitrogens with zero attached hydrogens (tertiary/aromatic N) is 3. The zero-order chi connectivity index (χ0) is 53.8. The minimum atomic E-state index is 0.829. The maximum absolute atomic E-state index is 2.42. The van der Waals surface area contributed by atoms with Crippen molar-refractivity contribution in [2.24, 2.45) is 0 Å². The van der Waals surface area contributed by atoms with E-state index in [2.05, 4.69) is 317 Å². The van der Waals surface area contributed by atoms with Crippen LogP contribution >= 0.6 is 0 Å². The van der Waals surface area contributed by atoms with Crippen LogP contribution in [0.4, 0.5) is 51.2 Å². The van der Waals surface area contributed by atoms with Crippen molar-refractivity contribution in [1.29, 1.82) is 0 Å². The molecule has 78 heavy (non-hydrogen) atoms. The van der Waals surface area contributed by atoms with Gasteiger partial charge in [-0.05, 0) is 192 Å². The van der Waals surface area contributed by atoms with Crippen molar-refractivity contribution < 1.29 is 0 Å². The number of anilines is 9. The Morgan fingerprint density at radius 3 is 1.09 bits per heavy atom. The van der Waals surface area contributed by atoms with Crippen LogP contribution in [0.25, 0.3) is 12.2 Å². The lowest BCUT2D eigenvalue weighted by molar-refractivity contribution is 1.10. The molecule has 0 N–H and O–H groups in total. The van der Waals surface area contributed by atoms with Gasteiger partial charge in [0.15, 0.2) is 0 Å². The molecule has 0 heterocycles. The first kappa shape index (κ1) is 52.5. The standard InChI is InChI=1S/C75H71N3/c1-7-64-25-19-22-55(4)73(64)76(67-28-13-10-14-29-67)70-46-40-58(41-47-70)34-37-61-52-62(38-35-59-42-48-71(49-43-59)77(68-30-15-11-16-31-68)74-56(5)23-20-26-65(74)8-2)54-63(53-61)39-36-60-44-50-72(51-45-60)78(69-32-17-12-18-33-69)75-57(6)24-21-27-66(75)9-3/h10-35,37-53H,7-9,36,54H2,1-6H3. The summed E-state index contributed by atoms with van der Waals surface area (Å²) in [7, 11) is 0. The smallest absolute Gasteiger partial charge is 0.0522 e. The van der Waals surface area contributed by atoms with E-state index >= 15 is 0 Å². The van der Waals surface area contributed by atoms with Gasteiger partial charge in [-0.15, -0.1) is 0 Å². The second-order valence-electron chi connectivity index (χ2n) is 20.4. The summed E-state index contributed by atoms with van der Waals surface area (Å²) in [6.07, 6.45) is 20.8. The van der Waals surface area contributed by atoms with Crippen molar-refractivity contribution in [1.82, 2.24) is 0 Å².